The van der Waals surface area contributed by atoms with Crippen molar-refractivity contribution in [1.82, 2.24) is 4.90 Å². The van der Waals surface area contributed by atoms with E-state index in [1.165, 1.54) is 19.3 Å². The molecule has 1 atom stereocenters. The normalized spacial score (nSPS) is 36.9. The molecule has 0 radical (unpaired) electrons. The van der Waals surface area contributed by atoms with Crippen LogP contribution < -0.4 is 4.74 Å². The third kappa shape index (κ3) is 3.06. The van der Waals surface area contributed by atoms with Gasteiger partial charge in [0.05, 0.1) is 5.41 Å². The molecule has 1 heterocycles. The van der Waals surface area contributed by atoms with Crippen LogP contribution in [-0.2, 0) is 9.59 Å². The third-order valence-corrected chi connectivity index (χ3v) is 7.56. The second-order valence-corrected chi connectivity index (χ2v) is 9.67. The minimum absolute atomic E-state index is 0.197. The highest BCUT2D eigenvalue weighted by atomic mass is 35.5. The molecule has 144 valence electrons. The van der Waals surface area contributed by atoms with Gasteiger partial charge in [-0.1, -0.05) is 11.6 Å². The molecule has 0 aromatic heterocycles. The molecule has 1 unspecified atom stereocenters. The van der Waals surface area contributed by atoms with Gasteiger partial charge in [-0.3, -0.25) is 4.79 Å². The summed E-state index contributed by atoms with van der Waals surface area (Å²) >= 11 is 5.90. The Hall–Kier alpha value is -1.55. The van der Waals surface area contributed by atoms with Crippen LogP contribution in [-0.4, -0.2) is 29.4 Å². The van der Waals surface area contributed by atoms with Crippen LogP contribution in [0.25, 0.3) is 0 Å². The summed E-state index contributed by atoms with van der Waals surface area (Å²) in [4.78, 5) is 28.3. The Morgan fingerprint density at radius 2 is 1.59 bits per heavy atom. The van der Waals surface area contributed by atoms with Crippen LogP contribution in [0.1, 0.15) is 51.4 Å². The molecule has 4 aliphatic carbocycles. The van der Waals surface area contributed by atoms with Gasteiger partial charge in [-0.05, 0) is 93.4 Å². The van der Waals surface area contributed by atoms with Crippen molar-refractivity contribution in [3.8, 4) is 5.75 Å². The Bertz CT molecular complexity index is 724. The maximum absolute atomic E-state index is 13.6. The van der Waals surface area contributed by atoms with Gasteiger partial charge in [0, 0.05) is 11.6 Å². The van der Waals surface area contributed by atoms with E-state index in [0.29, 0.717) is 23.7 Å². The van der Waals surface area contributed by atoms with Crippen molar-refractivity contribution >= 4 is 23.5 Å². The molecule has 0 spiro atoms. The monoisotopic (exact) mass is 387 g/mol. The van der Waals surface area contributed by atoms with E-state index < -0.39 is 6.04 Å². The van der Waals surface area contributed by atoms with Gasteiger partial charge >= 0.3 is 5.97 Å². The molecule has 5 aliphatic rings. The lowest BCUT2D eigenvalue weighted by Crippen LogP contribution is -2.56. The van der Waals surface area contributed by atoms with Crippen molar-refractivity contribution in [3.63, 3.8) is 0 Å². The first-order chi connectivity index (χ1) is 13.0. The lowest BCUT2D eigenvalue weighted by molar-refractivity contribution is -0.162. The van der Waals surface area contributed by atoms with E-state index in [4.69, 9.17) is 16.3 Å². The van der Waals surface area contributed by atoms with Gasteiger partial charge in [0.15, 0.2) is 0 Å². The Morgan fingerprint density at radius 1 is 1.00 bits per heavy atom. The van der Waals surface area contributed by atoms with Gasteiger partial charge in [0.2, 0.25) is 5.91 Å². The molecule has 4 saturated carbocycles. The fourth-order valence-corrected chi connectivity index (χ4v) is 6.74. The lowest BCUT2D eigenvalue weighted by atomic mass is 9.49. The van der Waals surface area contributed by atoms with Crippen LogP contribution in [0.15, 0.2) is 24.3 Å². The van der Waals surface area contributed by atoms with E-state index in [0.717, 1.165) is 43.4 Å². The SMILES string of the molecule is O=C(Oc1ccc(Cl)cc1)C1CCCN1C(=O)C12CC3CC(CC(C3)C1)C2. The van der Waals surface area contributed by atoms with E-state index in [2.05, 4.69) is 0 Å². The largest absolute Gasteiger partial charge is 0.425 e. The highest BCUT2D eigenvalue weighted by Gasteiger charge is 2.57. The summed E-state index contributed by atoms with van der Waals surface area (Å²) in [5.41, 5.74) is -0.197. The highest BCUT2D eigenvalue weighted by Crippen LogP contribution is 2.60. The molecule has 5 heteroatoms. The first-order valence-electron chi connectivity index (χ1n) is 10.3. The van der Waals surface area contributed by atoms with Crippen LogP contribution in [0.2, 0.25) is 5.02 Å². The Kier molecular flexibility index (Phi) is 4.23. The molecule has 1 amide bonds. The standard InChI is InChI=1S/C22H26ClNO3/c23-17-3-5-18(6-4-17)27-20(25)19-2-1-7-24(19)21(26)22-11-14-8-15(12-22)10-16(9-14)13-22/h3-6,14-16,19H,1-2,7-13H2. The number of likely N-dealkylation sites (tertiary alicyclic amines) is 1. The van der Waals surface area contributed by atoms with Crippen molar-refractivity contribution in [2.45, 2.75) is 57.4 Å². The number of amides is 1. The molecule has 1 aromatic rings. The molecule has 6 rings (SSSR count). The Morgan fingerprint density at radius 3 is 2.19 bits per heavy atom. The van der Waals surface area contributed by atoms with Crippen molar-refractivity contribution in [2.75, 3.05) is 6.54 Å². The molecule has 5 fully saturated rings. The fourth-order valence-electron chi connectivity index (χ4n) is 6.62. The number of carbonyl (C=O) groups excluding carboxylic acids is 2. The Labute approximate surface area is 165 Å². The summed E-state index contributed by atoms with van der Waals surface area (Å²) in [7, 11) is 0. The van der Waals surface area contributed by atoms with Crippen LogP contribution in [0.5, 0.6) is 5.75 Å². The van der Waals surface area contributed by atoms with Gasteiger partial charge in [-0.15, -0.1) is 0 Å². The number of hydrogen-bond acceptors (Lipinski definition) is 3. The molecular weight excluding hydrogens is 362 g/mol. The molecule has 27 heavy (non-hydrogen) atoms. The number of nitrogens with zero attached hydrogens (tertiary/aromatic N) is 1. The van der Waals surface area contributed by atoms with Crippen molar-refractivity contribution in [3.05, 3.63) is 29.3 Å². The smallest absolute Gasteiger partial charge is 0.334 e. The number of ether oxygens (including phenoxy) is 1. The van der Waals surface area contributed by atoms with E-state index >= 15 is 0 Å². The molecule has 4 bridgehead atoms. The van der Waals surface area contributed by atoms with Gasteiger partial charge in [-0.2, -0.15) is 0 Å². The van der Waals surface area contributed by atoms with Crippen LogP contribution >= 0.6 is 11.6 Å². The number of carbonyl (C=O) groups is 2. The number of halogens is 1. The fraction of sp³-hybridized carbons (Fsp3) is 0.636. The van der Waals surface area contributed by atoms with Gasteiger partial charge in [0.1, 0.15) is 11.8 Å². The summed E-state index contributed by atoms with van der Waals surface area (Å²) in [6.07, 6.45) is 8.62. The van der Waals surface area contributed by atoms with Gasteiger partial charge < -0.3 is 9.64 Å². The zero-order chi connectivity index (χ0) is 18.6. The Balaban J connectivity index is 1.32. The summed E-state index contributed by atoms with van der Waals surface area (Å²) in [6.45, 7) is 0.682. The molecule has 4 nitrogen and oxygen atoms in total. The first-order valence-corrected chi connectivity index (χ1v) is 10.7. The summed E-state index contributed by atoms with van der Waals surface area (Å²) in [5, 5.41) is 0.606. The number of benzene rings is 1. The molecule has 0 N–H and O–H groups in total. The summed E-state index contributed by atoms with van der Waals surface area (Å²) in [6, 6.07) is 6.36. The highest BCUT2D eigenvalue weighted by molar-refractivity contribution is 6.30. The minimum atomic E-state index is -0.443. The third-order valence-electron chi connectivity index (χ3n) is 7.31. The zero-order valence-electron chi connectivity index (χ0n) is 15.5. The average molecular weight is 388 g/mol. The zero-order valence-corrected chi connectivity index (χ0v) is 16.3. The summed E-state index contributed by atoms with van der Waals surface area (Å²) < 4.78 is 5.56. The molecular formula is C22H26ClNO3. The van der Waals surface area contributed by atoms with E-state index in [-0.39, 0.29) is 17.3 Å². The molecule has 1 aromatic carbocycles. The van der Waals surface area contributed by atoms with E-state index in [1.807, 2.05) is 4.90 Å². The number of esters is 1. The molecule has 1 aliphatic heterocycles. The summed E-state index contributed by atoms with van der Waals surface area (Å²) in [5.74, 6) is 2.58. The number of hydrogen-bond donors (Lipinski definition) is 0. The van der Waals surface area contributed by atoms with Crippen LogP contribution in [0.3, 0.4) is 0 Å². The van der Waals surface area contributed by atoms with Crippen LogP contribution in [0.4, 0.5) is 0 Å². The van der Waals surface area contributed by atoms with Crippen molar-refractivity contribution in [1.29, 1.82) is 0 Å². The average Bonchev–Trinajstić information content (AvgIpc) is 3.11. The second kappa shape index (κ2) is 6.51. The predicted octanol–water partition coefficient (Wildman–Crippen LogP) is 4.45. The minimum Gasteiger partial charge on any atom is -0.425 e. The molecule has 1 saturated heterocycles. The van der Waals surface area contributed by atoms with Gasteiger partial charge in [0.25, 0.3) is 0 Å². The van der Waals surface area contributed by atoms with Gasteiger partial charge in [-0.25, -0.2) is 4.79 Å². The maximum Gasteiger partial charge on any atom is 0.334 e. The second-order valence-electron chi connectivity index (χ2n) is 9.23. The van der Waals surface area contributed by atoms with E-state index in [9.17, 15) is 9.59 Å². The first kappa shape index (κ1) is 17.5. The number of rotatable bonds is 3. The van der Waals surface area contributed by atoms with Crippen molar-refractivity contribution in [2.24, 2.45) is 23.2 Å². The predicted molar refractivity (Wildman–Crippen MR) is 102 cm³/mol. The quantitative estimate of drug-likeness (QED) is 0.568. The maximum atomic E-state index is 13.6. The van der Waals surface area contributed by atoms with Crippen LogP contribution in [0, 0.1) is 23.2 Å². The lowest BCUT2D eigenvalue weighted by Gasteiger charge is -2.56. The topological polar surface area (TPSA) is 46.6 Å². The van der Waals surface area contributed by atoms with E-state index in [1.54, 1.807) is 24.3 Å². The van der Waals surface area contributed by atoms with Crippen molar-refractivity contribution < 1.29 is 14.3 Å².